The summed E-state index contributed by atoms with van der Waals surface area (Å²) in [5, 5.41) is 12.3. The molecule has 0 spiro atoms. The molecule has 0 saturated carbocycles. The van der Waals surface area contributed by atoms with E-state index in [1.54, 1.807) is 4.90 Å². The molecule has 7 heteroatoms. The molecule has 0 bridgehead atoms. The highest BCUT2D eigenvalue weighted by Crippen LogP contribution is 2.44. The van der Waals surface area contributed by atoms with Crippen LogP contribution in [0.15, 0.2) is 48.5 Å². The number of rotatable bonds is 9. The maximum absolute atomic E-state index is 12.9. The van der Waals surface area contributed by atoms with Crippen molar-refractivity contribution < 1.29 is 24.2 Å². The van der Waals surface area contributed by atoms with E-state index >= 15 is 0 Å². The normalized spacial score (nSPS) is 19.7. The van der Waals surface area contributed by atoms with Gasteiger partial charge in [-0.2, -0.15) is 0 Å². The van der Waals surface area contributed by atoms with E-state index in [0.717, 1.165) is 24.0 Å². The zero-order chi connectivity index (χ0) is 24.9. The second-order valence-electron chi connectivity index (χ2n) is 9.73. The molecule has 0 aromatic heterocycles. The summed E-state index contributed by atoms with van der Waals surface area (Å²) in [7, 11) is 0. The van der Waals surface area contributed by atoms with Crippen molar-refractivity contribution in [3.05, 3.63) is 59.7 Å². The molecule has 7 nitrogen and oxygen atoms in total. The number of carbonyl (C=O) groups excluding carboxylic acids is 2. The summed E-state index contributed by atoms with van der Waals surface area (Å²) >= 11 is 0. The van der Waals surface area contributed by atoms with Gasteiger partial charge in [-0.15, -0.1) is 0 Å². The molecule has 2 aromatic carbocycles. The van der Waals surface area contributed by atoms with Crippen molar-refractivity contribution in [2.75, 3.05) is 19.7 Å². The number of ether oxygens (including phenoxy) is 1. The second-order valence-corrected chi connectivity index (χ2v) is 9.73. The van der Waals surface area contributed by atoms with Crippen LogP contribution in [0, 0.1) is 11.8 Å². The van der Waals surface area contributed by atoms with E-state index < -0.39 is 18.0 Å². The molecular weight excluding hydrogens is 444 g/mol. The van der Waals surface area contributed by atoms with Gasteiger partial charge in [0.05, 0.1) is 5.92 Å². The van der Waals surface area contributed by atoms with Crippen molar-refractivity contribution in [1.29, 1.82) is 0 Å². The zero-order valence-electron chi connectivity index (χ0n) is 20.4. The molecule has 2 N–H and O–H groups in total. The molecule has 186 valence electrons. The van der Waals surface area contributed by atoms with Crippen LogP contribution in [0.25, 0.3) is 11.1 Å². The van der Waals surface area contributed by atoms with Crippen LogP contribution in [0.4, 0.5) is 4.79 Å². The lowest BCUT2D eigenvalue weighted by Gasteiger charge is -2.23. The van der Waals surface area contributed by atoms with Crippen molar-refractivity contribution >= 4 is 18.0 Å². The summed E-state index contributed by atoms with van der Waals surface area (Å²) in [6, 6.07) is 16.0. The van der Waals surface area contributed by atoms with Gasteiger partial charge in [0.1, 0.15) is 6.61 Å². The maximum atomic E-state index is 12.9. The van der Waals surface area contributed by atoms with Crippen LogP contribution in [-0.4, -0.2) is 53.7 Å². The molecule has 1 aliphatic heterocycles. The number of fused-ring (bicyclic) bond motifs is 3. The van der Waals surface area contributed by atoms with E-state index in [4.69, 9.17) is 4.74 Å². The Bertz CT molecular complexity index is 1040. The second kappa shape index (κ2) is 10.9. The predicted molar refractivity (Wildman–Crippen MR) is 133 cm³/mol. The molecule has 1 heterocycles. The molecule has 2 aliphatic rings. The molecular formula is C28H34N2O5. The first-order valence-corrected chi connectivity index (χ1v) is 12.5. The van der Waals surface area contributed by atoms with Crippen molar-refractivity contribution in [3.63, 3.8) is 0 Å². The van der Waals surface area contributed by atoms with Crippen molar-refractivity contribution in [2.24, 2.45) is 11.8 Å². The number of nitrogens with one attached hydrogen (secondary N) is 1. The van der Waals surface area contributed by atoms with Gasteiger partial charge in [-0.05, 0) is 34.6 Å². The number of carboxylic acids is 1. The first kappa shape index (κ1) is 24.8. The number of likely N-dealkylation sites (tertiary alicyclic amines) is 1. The fourth-order valence-electron chi connectivity index (χ4n) is 5.31. The highest BCUT2D eigenvalue weighted by molar-refractivity contribution is 5.81. The molecule has 1 saturated heterocycles. The zero-order valence-corrected chi connectivity index (χ0v) is 20.4. The lowest BCUT2D eigenvalue weighted by Crippen LogP contribution is -2.41. The number of unbranched alkanes of at least 4 members (excludes halogenated alkanes) is 1. The van der Waals surface area contributed by atoms with Crippen molar-refractivity contribution in [3.8, 4) is 11.1 Å². The summed E-state index contributed by atoms with van der Waals surface area (Å²) in [6.07, 6.45) is 2.09. The Balaban J connectivity index is 1.36. The maximum Gasteiger partial charge on any atom is 0.407 e. The molecule has 2 amide bonds. The predicted octanol–water partition coefficient (Wildman–Crippen LogP) is 4.65. The van der Waals surface area contributed by atoms with E-state index in [2.05, 4.69) is 36.5 Å². The van der Waals surface area contributed by atoms with Crippen LogP contribution < -0.4 is 5.32 Å². The minimum absolute atomic E-state index is 0.0251. The molecule has 4 rings (SSSR count). The van der Waals surface area contributed by atoms with Gasteiger partial charge < -0.3 is 20.1 Å². The van der Waals surface area contributed by atoms with E-state index in [1.165, 1.54) is 11.1 Å². The number of carboxylic acid groups (broad SMARTS) is 1. The highest BCUT2D eigenvalue weighted by atomic mass is 16.5. The first-order chi connectivity index (χ1) is 16.9. The standard InChI is InChI=1S/C28H34N2O5/c1-3-4-9-19(14-26(31)30-15-18(2)24(16-30)27(32)33)29-28(34)35-17-25-22-12-7-5-10-20(22)21-11-6-8-13-23(21)25/h5-8,10-13,18-19,24-25H,3-4,9,14-17H2,1-2H3,(H,29,34)(H,32,33)/t18-,19+,24-/m0/s1. The van der Waals surface area contributed by atoms with Gasteiger partial charge in [0.2, 0.25) is 5.91 Å². The van der Waals surface area contributed by atoms with Gasteiger partial charge in [0.25, 0.3) is 0 Å². The Morgan fingerprint density at radius 1 is 1.06 bits per heavy atom. The number of aliphatic carboxylic acids is 1. The highest BCUT2D eigenvalue weighted by Gasteiger charge is 2.37. The van der Waals surface area contributed by atoms with Crippen molar-refractivity contribution in [2.45, 2.75) is 51.5 Å². The van der Waals surface area contributed by atoms with Gasteiger partial charge in [-0.1, -0.05) is 75.2 Å². The van der Waals surface area contributed by atoms with Crippen LogP contribution >= 0.6 is 0 Å². The summed E-state index contributed by atoms with van der Waals surface area (Å²) in [4.78, 5) is 38.7. The Morgan fingerprint density at radius 3 is 2.26 bits per heavy atom. The molecule has 1 aliphatic carbocycles. The summed E-state index contributed by atoms with van der Waals surface area (Å²) < 4.78 is 5.67. The van der Waals surface area contributed by atoms with E-state index in [-0.39, 0.29) is 43.4 Å². The molecule has 0 unspecified atom stereocenters. The van der Waals surface area contributed by atoms with Gasteiger partial charge in [0.15, 0.2) is 0 Å². The van der Waals surface area contributed by atoms with Gasteiger partial charge in [0, 0.05) is 31.5 Å². The van der Waals surface area contributed by atoms with Crippen LogP contribution in [0.3, 0.4) is 0 Å². The van der Waals surface area contributed by atoms with Gasteiger partial charge >= 0.3 is 12.1 Å². The fourth-order valence-corrected chi connectivity index (χ4v) is 5.31. The molecule has 3 atom stereocenters. The summed E-state index contributed by atoms with van der Waals surface area (Å²) in [6.45, 7) is 4.79. The molecule has 0 radical (unpaired) electrons. The largest absolute Gasteiger partial charge is 0.481 e. The fraction of sp³-hybridized carbons (Fsp3) is 0.464. The SMILES string of the molecule is CCCC[C@H](CC(=O)N1C[C@H](C(=O)O)[C@@H](C)C1)NC(=O)OCC1c2ccccc2-c2ccccc21. The summed E-state index contributed by atoms with van der Waals surface area (Å²) in [5.74, 6) is -1.64. The van der Waals surface area contributed by atoms with Crippen molar-refractivity contribution in [1.82, 2.24) is 10.2 Å². The summed E-state index contributed by atoms with van der Waals surface area (Å²) in [5.41, 5.74) is 4.64. The van der Waals surface area contributed by atoms with Crippen LogP contribution in [-0.2, 0) is 14.3 Å². The van der Waals surface area contributed by atoms with E-state index in [1.807, 2.05) is 31.2 Å². The first-order valence-electron chi connectivity index (χ1n) is 12.5. The minimum Gasteiger partial charge on any atom is -0.481 e. The topological polar surface area (TPSA) is 95.9 Å². The monoisotopic (exact) mass is 478 g/mol. The van der Waals surface area contributed by atoms with Crippen LogP contribution in [0.2, 0.25) is 0 Å². The minimum atomic E-state index is -0.868. The molecule has 35 heavy (non-hydrogen) atoms. The van der Waals surface area contributed by atoms with Gasteiger partial charge in [-0.25, -0.2) is 4.79 Å². The average Bonchev–Trinajstić information content (AvgIpc) is 3.39. The Morgan fingerprint density at radius 2 is 1.69 bits per heavy atom. The number of benzene rings is 2. The van der Waals surface area contributed by atoms with Gasteiger partial charge in [-0.3, -0.25) is 9.59 Å². The Hall–Kier alpha value is -3.35. The Kier molecular flexibility index (Phi) is 7.73. The Labute approximate surface area is 206 Å². The lowest BCUT2D eigenvalue weighted by atomic mass is 9.98. The van der Waals surface area contributed by atoms with E-state index in [9.17, 15) is 19.5 Å². The number of hydrogen-bond acceptors (Lipinski definition) is 4. The number of hydrogen-bond donors (Lipinski definition) is 2. The lowest BCUT2D eigenvalue weighted by molar-refractivity contribution is -0.142. The third-order valence-corrected chi connectivity index (χ3v) is 7.28. The molecule has 2 aromatic rings. The molecule has 1 fully saturated rings. The number of alkyl carbamates (subject to hydrolysis) is 1. The average molecular weight is 479 g/mol. The number of nitrogens with zero attached hydrogens (tertiary/aromatic N) is 1. The van der Waals surface area contributed by atoms with Crippen LogP contribution in [0.5, 0.6) is 0 Å². The third-order valence-electron chi connectivity index (χ3n) is 7.28. The van der Waals surface area contributed by atoms with E-state index in [0.29, 0.717) is 13.0 Å². The third kappa shape index (κ3) is 5.50. The number of amides is 2. The number of carbonyl (C=O) groups is 3. The quantitative estimate of drug-likeness (QED) is 0.547. The smallest absolute Gasteiger partial charge is 0.407 e. The van der Waals surface area contributed by atoms with Crippen LogP contribution in [0.1, 0.15) is 56.6 Å².